The Labute approximate surface area is 170 Å². The maximum atomic E-state index is 12.7. The highest BCUT2D eigenvalue weighted by atomic mass is 19.3. The molecule has 0 aromatic heterocycles. The summed E-state index contributed by atoms with van der Waals surface area (Å²) in [6.07, 6.45) is 4.81. The van der Waals surface area contributed by atoms with Gasteiger partial charge in [-0.3, -0.25) is 0 Å². The van der Waals surface area contributed by atoms with Gasteiger partial charge in [-0.1, -0.05) is 37.1 Å². The third kappa shape index (κ3) is 6.07. The SMILES string of the molecule is CN(Cc1ccc(OC(F)F)cc1)C(=O)Nc1ccccc1N1CCCCCC1. The summed E-state index contributed by atoms with van der Waals surface area (Å²) >= 11 is 0. The van der Waals surface area contributed by atoms with E-state index >= 15 is 0 Å². The molecule has 5 nitrogen and oxygen atoms in total. The van der Waals surface area contributed by atoms with Gasteiger partial charge in [0.15, 0.2) is 0 Å². The number of hydrogen-bond donors (Lipinski definition) is 1. The van der Waals surface area contributed by atoms with Crippen molar-refractivity contribution in [3.8, 4) is 5.75 Å². The smallest absolute Gasteiger partial charge is 0.387 e. The fourth-order valence-corrected chi connectivity index (χ4v) is 3.50. The fraction of sp³-hybridized carbons (Fsp3) is 0.409. The first-order valence-corrected chi connectivity index (χ1v) is 9.93. The Morgan fingerprint density at radius 3 is 2.38 bits per heavy atom. The first kappa shape index (κ1) is 20.9. The minimum atomic E-state index is -2.85. The van der Waals surface area contributed by atoms with Crippen LogP contribution < -0.4 is 15.0 Å². The summed E-state index contributed by atoms with van der Waals surface area (Å²) in [6.45, 7) is -0.503. The number of nitrogens with one attached hydrogen (secondary N) is 1. The van der Waals surface area contributed by atoms with Crippen molar-refractivity contribution in [3.63, 3.8) is 0 Å². The molecule has 0 saturated carbocycles. The Morgan fingerprint density at radius 1 is 1.07 bits per heavy atom. The molecule has 1 N–H and O–H groups in total. The van der Waals surface area contributed by atoms with E-state index in [1.165, 1.54) is 25.0 Å². The number of para-hydroxylation sites is 2. The molecule has 0 radical (unpaired) electrons. The van der Waals surface area contributed by atoms with Gasteiger partial charge in [-0.05, 0) is 42.7 Å². The van der Waals surface area contributed by atoms with E-state index in [4.69, 9.17) is 0 Å². The van der Waals surface area contributed by atoms with E-state index in [9.17, 15) is 13.6 Å². The number of halogens is 2. The normalized spacial score (nSPS) is 14.4. The van der Waals surface area contributed by atoms with E-state index in [2.05, 4.69) is 15.0 Å². The van der Waals surface area contributed by atoms with Gasteiger partial charge in [-0.25, -0.2) is 4.79 Å². The first-order chi connectivity index (χ1) is 14.0. The van der Waals surface area contributed by atoms with E-state index in [1.807, 2.05) is 24.3 Å². The molecule has 29 heavy (non-hydrogen) atoms. The van der Waals surface area contributed by atoms with Crippen molar-refractivity contribution in [2.75, 3.05) is 30.4 Å². The number of amides is 2. The summed E-state index contributed by atoms with van der Waals surface area (Å²) in [6, 6.07) is 13.9. The van der Waals surface area contributed by atoms with Crippen LogP contribution in [0.2, 0.25) is 0 Å². The van der Waals surface area contributed by atoms with Gasteiger partial charge in [0.1, 0.15) is 5.75 Å². The van der Waals surface area contributed by atoms with Crippen LogP contribution in [0.4, 0.5) is 25.0 Å². The molecule has 1 aliphatic rings. The second kappa shape index (κ2) is 10.1. The second-order valence-corrected chi connectivity index (χ2v) is 7.23. The van der Waals surface area contributed by atoms with Crippen molar-refractivity contribution in [2.24, 2.45) is 0 Å². The zero-order chi connectivity index (χ0) is 20.6. The molecule has 2 amide bonds. The molecule has 1 saturated heterocycles. The first-order valence-electron chi connectivity index (χ1n) is 9.93. The van der Waals surface area contributed by atoms with Crippen LogP contribution in [0.15, 0.2) is 48.5 Å². The fourth-order valence-electron chi connectivity index (χ4n) is 3.50. The molecule has 0 spiro atoms. The van der Waals surface area contributed by atoms with E-state index in [1.54, 1.807) is 24.1 Å². The molecule has 0 atom stereocenters. The summed E-state index contributed by atoms with van der Waals surface area (Å²) in [5, 5.41) is 3.01. The van der Waals surface area contributed by atoms with Crippen molar-refractivity contribution in [1.82, 2.24) is 4.90 Å². The lowest BCUT2D eigenvalue weighted by molar-refractivity contribution is -0.0498. The number of carbonyl (C=O) groups excluding carboxylic acids is 1. The summed E-state index contributed by atoms with van der Waals surface area (Å²) < 4.78 is 28.8. The Hall–Kier alpha value is -2.83. The van der Waals surface area contributed by atoms with Gasteiger partial charge in [0.05, 0.1) is 11.4 Å². The predicted octanol–water partition coefficient (Wildman–Crippen LogP) is 5.33. The Kier molecular flexibility index (Phi) is 7.27. The van der Waals surface area contributed by atoms with Crippen LogP contribution in [0.3, 0.4) is 0 Å². The van der Waals surface area contributed by atoms with Crippen molar-refractivity contribution >= 4 is 17.4 Å². The monoisotopic (exact) mass is 403 g/mol. The van der Waals surface area contributed by atoms with E-state index < -0.39 is 6.61 Å². The standard InChI is InChI=1S/C22H27F2N3O2/c1-26(16-17-10-12-18(13-11-17)29-21(23)24)22(28)25-19-8-4-5-9-20(19)27-14-6-2-3-7-15-27/h4-5,8-13,21H,2-3,6-7,14-16H2,1H3,(H,25,28). The summed E-state index contributed by atoms with van der Waals surface area (Å²) in [4.78, 5) is 16.6. The quantitative estimate of drug-likeness (QED) is 0.709. The molecule has 1 aliphatic heterocycles. The molecule has 0 unspecified atom stereocenters. The van der Waals surface area contributed by atoms with Gasteiger partial charge >= 0.3 is 12.6 Å². The number of urea groups is 1. The molecule has 156 valence electrons. The van der Waals surface area contributed by atoms with Gasteiger partial charge in [0.25, 0.3) is 0 Å². The van der Waals surface area contributed by atoms with Crippen molar-refractivity contribution in [1.29, 1.82) is 0 Å². The molecule has 1 heterocycles. The highest BCUT2D eigenvalue weighted by Crippen LogP contribution is 2.28. The lowest BCUT2D eigenvalue weighted by Crippen LogP contribution is -2.32. The van der Waals surface area contributed by atoms with Crippen molar-refractivity contribution in [3.05, 3.63) is 54.1 Å². The molecule has 2 aromatic rings. The number of benzene rings is 2. The van der Waals surface area contributed by atoms with Crippen LogP contribution in [0, 0.1) is 0 Å². The van der Waals surface area contributed by atoms with Crippen molar-refractivity contribution < 1.29 is 18.3 Å². The van der Waals surface area contributed by atoms with Gasteiger partial charge in [0, 0.05) is 26.7 Å². The number of nitrogens with zero attached hydrogens (tertiary/aromatic N) is 2. The maximum absolute atomic E-state index is 12.7. The summed E-state index contributed by atoms with van der Waals surface area (Å²) in [7, 11) is 1.70. The highest BCUT2D eigenvalue weighted by Gasteiger charge is 2.16. The molecular weight excluding hydrogens is 376 g/mol. The Bertz CT molecular complexity index is 791. The molecule has 0 bridgehead atoms. The van der Waals surface area contributed by atoms with Gasteiger partial charge in [0.2, 0.25) is 0 Å². The van der Waals surface area contributed by atoms with E-state index in [0.717, 1.165) is 42.9 Å². The van der Waals surface area contributed by atoms with Crippen LogP contribution in [-0.4, -0.2) is 37.7 Å². The minimum absolute atomic E-state index is 0.0993. The Morgan fingerprint density at radius 2 is 1.72 bits per heavy atom. The second-order valence-electron chi connectivity index (χ2n) is 7.23. The number of hydrogen-bond acceptors (Lipinski definition) is 3. The third-order valence-electron chi connectivity index (χ3n) is 5.01. The zero-order valence-corrected chi connectivity index (χ0v) is 16.6. The van der Waals surface area contributed by atoms with Crippen LogP contribution in [0.1, 0.15) is 31.2 Å². The third-order valence-corrected chi connectivity index (χ3v) is 5.01. The Balaban J connectivity index is 1.62. The maximum Gasteiger partial charge on any atom is 0.387 e. The molecule has 3 rings (SSSR count). The highest BCUT2D eigenvalue weighted by molar-refractivity contribution is 5.93. The summed E-state index contributed by atoms with van der Waals surface area (Å²) in [5.74, 6) is 0.0993. The topological polar surface area (TPSA) is 44.8 Å². The molecule has 0 aliphatic carbocycles. The van der Waals surface area contributed by atoms with Gasteiger partial charge in [-0.2, -0.15) is 8.78 Å². The lowest BCUT2D eigenvalue weighted by atomic mass is 10.2. The van der Waals surface area contributed by atoms with E-state index in [-0.39, 0.29) is 11.8 Å². The van der Waals surface area contributed by atoms with Crippen LogP contribution in [0.5, 0.6) is 5.75 Å². The average Bonchev–Trinajstić information content (AvgIpc) is 2.99. The number of anilines is 2. The van der Waals surface area contributed by atoms with Crippen LogP contribution >= 0.6 is 0 Å². The van der Waals surface area contributed by atoms with Crippen LogP contribution in [-0.2, 0) is 6.54 Å². The zero-order valence-electron chi connectivity index (χ0n) is 16.6. The molecule has 2 aromatic carbocycles. The largest absolute Gasteiger partial charge is 0.435 e. The number of carbonyl (C=O) groups is 1. The number of rotatable bonds is 6. The minimum Gasteiger partial charge on any atom is -0.435 e. The number of alkyl halides is 2. The van der Waals surface area contributed by atoms with Crippen LogP contribution in [0.25, 0.3) is 0 Å². The van der Waals surface area contributed by atoms with Crippen molar-refractivity contribution in [2.45, 2.75) is 38.8 Å². The predicted molar refractivity (Wildman–Crippen MR) is 111 cm³/mol. The molecule has 7 heteroatoms. The van der Waals surface area contributed by atoms with Gasteiger partial charge in [-0.15, -0.1) is 0 Å². The summed E-state index contributed by atoms with van der Waals surface area (Å²) in [5.41, 5.74) is 2.67. The van der Waals surface area contributed by atoms with Gasteiger partial charge < -0.3 is 19.9 Å². The van der Waals surface area contributed by atoms with E-state index in [0.29, 0.717) is 6.54 Å². The average molecular weight is 403 g/mol. The number of ether oxygens (including phenoxy) is 1. The molecule has 1 fully saturated rings. The molecular formula is C22H27F2N3O2. The lowest BCUT2D eigenvalue weighted by Gasteiger charge is -2.26.